The Morgan fingerprint density at radius 1 is 0.939 bits per heavy atom. The van der Waals surface area contributed by atoms with Crippen LogP contribution in [-0.2, 0) is 10.0 Å². The molecule has 0 spiro atoms. The zero-order valence-corrected chi connectivity index (χ0v) is 19.9. The van der Waals surface area contributed by atoms with Crippen molar-refractivity contribution in [2.24, 2.45) is 10.2 Å². The van der Waals surface area contributed by atoms with E-state index in [0.29, 0.717) is 25.8 Å². The van der Waals surface area contributed by atoms with Gasteiger partial charge in [0.05, 0.1) is 16.1 Å². The number of nitrogens with zero attached hydrogens (tertiary/aromatic N) is 2. The molecule has 1 amide bonds. The minimum Gasteiger partial charge on any atom is -0.505 e. The zero-order valence-electron chi connectivity index (χ0n) is 16.7. The third-order valence-corrected chi connectivity index (χ3v) is 7.04. The van der Waals surface area contributed by atoms with Gasteiger partial charge in [-0.3, -0.25) is 9.52 Å². The lowest BCUT2D eigenvalue weighted by atomic mass is 10.1. The molecule has 0 radical (unpaired) electrons. The van der Waals surface area contributed by atoms with Crippen molar-refractivity contribution in [3.8, 4) is 5.75 Å². The van der Waals surface area contributed by atoms with Crippen molar-refractivity contribution in [3.05, 3.63) is 93.9 Å². The second-order valence-corrected chi connectivity index (χ2v) is 9.86. The summed E-state index contributed by atoms with van der Waals surface area (Å²) in [6.45, 7) is 0. The van der Waals surface area contributed by atoms with Gasteiger partial charge < -0.3 is 5.11 Å². The normalized spacial score (nSPS) is 11.7. The summed E-state index contributed by atoms with van der Waals surface area (Å²) >= 11 is 9.14. The van der Waals surface area contributed by atoms with Crippen molar-refractivity contribution >= 4 is 65.6 Å². The average Bonchev–Trinajstić information content (AvgIpc) is 2.80. The van der Waals surface area contributed by atoms with Crippen molar-refractivity contribution in [1.29, 1.82) is 0 Å². The van der Waals surface area contributed by atoms with E-state index >= 15 is 0 Å². The van der Waals surface area contributed by atoms with Gasteiger partial charge in [0.15, 0.2) is 5.75 Å². The SMILES string of the molecule is O=C(N=Nc1cc(NS(=O)(=O)c2ccc(Cl)cc2)c2ccccc2c1O)c1ccccc1Br. The first-order chi connectivity index (χ1) is 15.8. The fourth-order valence-electron chi connectivity index (χ4n) is 3.11. The van der Waals surface area contributed by atoms with Gasteiger partial charge in [-0.2, -0.15) is 0 Å². The van der Waals surface area contributed by atoms with Crippen LogP contribution in [-0.4, -0.2) is 19.4 Å². The number of phenolic OH excluding ortho intramolecular Hbond substituents is 1. The van der Waals surface area contributed by atoms with Crippen LogP contribution in [0.3, 0.4) is 0 Å². The van der Waals surface area contributed by atoms with Crippen molar-refractivity contribution in [1.82, 2.24) is 0 Å². The summed E-state index contributed by atoms with van der Waals surface area (Å²) in [5.41, 5.74) is 0.397. The first-order valence-electron chi connectivity index (χ1n) is 9.50. The number of azo groups is 1. The van der Waals surface area contributed by atoms with E-state index in [1.165, 1.54) is 30.3 Å². The number of phenols is 1. The average molecular weight is 545 g/mol. The molecule has 166 valence electrons. The standard InChI is InChI=1S/C23H15BrClN3O4S/c24-19-8-4-3-7-18(19)23(30)27-26-21-13-20(16-5-1-2-6-17(16)22(21)29)28-33(31,32)15-11-9-14(25)10-12-15/h1-13,28-29H. The Balaban J connectivity index is 1.76. The zero-order chi connectivity index (χ0) is 23.6. The minimum atomic E-state index is -3.97. The van der Waals surface area contributed by atoms with E-state index in [9.17, 15) is 18.3 Å². The summed E-state index contributed by atoms with van der Waals surface area (Å²) in [6, 6.07) is 20.4. The Morgan fingerprint density at radius 2 is 1.58 bits per heavy atom. The molecule has 0 aromatic heterocycles. The summed E-state index contributed by atoms with van der Waals surface area (Å²) in [4.78, 5) is 12.5. The number of carbonyl (C=O) groups is 1. The molecule has 0 heterocycles. The number of nitrogens with one attached hydrogen (secondary N) is 1. The first kappa shape index (κ1) is 22.9. The van der Waals surface area contributed by atoms with Crippen molar-refractivity contribution in [2.45, 2.75) is 4.90 Å². The van der Waals surface area contributed by atoms with E-state index in [-0.39, 0.29) is 22.0 Å². The number of carbonyl (C=O) groups excluding carboxylic acids is 1. The number of benzene rings is 4. The molecule has 0 bridgehead atoms. The first-order valence-corrected chi connectivity index (χ1v) is 12.2. The molecule has 0 saturated carbocycles. The van der Waals surface area contributed by atoms with Gasteiger partial charge in [0, 0.05) is 20.3 Å². The molecule has 2 N–H and O–H groups in total. The molecule has 0 aliphatic rings. The lowest BCUT2D eigenvalue weighted by Crippen LogP contribution is -2.13. The van der Waals surface area contributed by atoms with Crippen molar-refractivity contribution in [2.75, 3.05) is 4.72 Å². The van der Waals surface area contributed by atoms with Gasteiger partial charge in [0.2, 0.25) is 0 Å². The number of rotatable bonds is 5. The van der Waals surface area contributed by atoms with E-state index in [1.807, 2.05) is 0 Å². The van der Waals surface area contributed by atoms with Crippen LogP contribution in [0.2, 0.25) is 5.02 Å². The molecule has 0 atom stereocenters. The van der Waals surface area contributed by atoms with Crippen LogP contribution < -0.4 is 4.72 Å². The highest BCUT2D eigenvalue weighted by Crippen LogP contribution is 2.40. The van der Waals surface area contributed by atoms with E-state index in [4.69, 9.17) is 11.6 Å². The summed E-state index contributed by atoms with van der Waals surface area (Å²) in [7, 11) is -3.97. The van der Waals surface area contributed by atoms with E-state index in [0.717, 1.165) is 0 Å². The number of fused-ring (bicyclic) bond motifs is 1. The predicted molar refractivity (Wildman–Crippen MR) is 131 cm³/mol. The summed E-state index contributed by atoms with van der Waals surface area (Å²) in [6.07, 6.45) is 0. The number of amides is 1. The van der Waals surface area contributed by atoms with Crippen LogP contribution in [0.15, 0.2) is 98.5 Å². The number of sulfonamides is 1. The van der Waals surface area contributed by atoms with Crippen LogP contribution in [0.25, 0.3) is 10.8 Å². The molecule has 4 aromatic carbocycles. The Kier molecular flexibility index (Phi) is 6.46. The van der Waals surface area contributed by atoms with Gasteiger partial charge >= 0.3 is 0 Å². The molecule has 0 fully saturated rings. The van der Waals surface area contributed by atoms with Crippen molar-refractivity contribution < 1.29 is 18.3 Å². The topological polar surface area (TPSA) is 108 Å². The Morgan fingerprint density at radius 3 is 2.27 bits per heavy atom. The van der Waals surface area contributed by atoms with Gasteiger partial charge in [-0.15, -0.1) is 10.2 Å². The van der Waals surface area contributed by atoms with Gasteiger partial charge in [-0.1, -0.05) is 48.0 Å². The summed E-state index contributed by atoms with van der Waals surface area (Å²) < 4.78 is 28.9. The second kappa shape index (κ2) is 9.30. The molecule has 10 heteroatoms. The molecule has 7 nitrogen and oxygen atoms in total. The molecule has 4 aromatic rings. The summed E-state index contributed by atoms with van der Waals surface area (Å²) in [5, 5.41) is 19.5. The second-order valence-electron chi connectivity index (χ2n) is 6.88. The summed E-state index contributed by atoms with van der Waals surface area (Å²) in [5.74, 6) is -0.859. The third kappa shape index (κ3) is 4.90. The minimum absolute atomic E-state index is 0.0105. The van der Waals surface area contributed by atoms with Crippen LogP contribution in [0.4, 0.5) is 11.4 Å². The molecule has 33 heavy (non-hydrogen) atoms. The number of halogens is 2. The molecule has 0 unspecified atom stereocenters. The van der Waals surface area contributed by atoms with Crippen LogP contribution >= 0.6 is 27.5 Å². The smallest absolute Gasteiger partial charge is 0.296 e. The predicted octanol–water partition coefficient (Wildman–Crippen LogP) is 6.69. The van der Waals surface area contributed by atoms with Crippen LogP contribution in [0.5, 0.6) is 5.75 Å². The Bertz CT molecular complexity index is 1510. The fourth-order valence-corrected chi connectivity index (χ4v) is 4.76. The highest BCUT2D eigenvalue weighted by Gasteiger charge is 2.19. The molecular weight excluding hydrogens is 530 g/mol. The number of hydrogen-bond donors (Lipinski definition) is 2. The van der Waals surface area contributed by atoms with E-state index < -0.39 is 15.9 Å². The maximum absolute atomic E-state index is 12.9. The largest absolute Gasteiger partial charge is 0.505 e. The fraction of sp³-hybridized carbons (Fsp3) is 0. The van der Waals surface area contributed by atoms with Gasteiger partial charge in [0.1, 0.15) is 5.69 Å². The molecule has 0 aliphatic carbocycles. The molecule has 4 rings (SSSR count). The Hall–Kier alpha value is -3.27. The van der Waals surface area contributed by atoms with Crippen LogP contribution in [0, 0.1) is 0 Å². The molecule has 0 saturated heterocycles. The number of hydrogen-bond acceptors (Lipinski definition) is 5. The molecule has 0 aliphatic heterocycles. The van der Waals surface area contributed by atoms with Gasteiger partial charge in [-0.25, -0.2) is 8.42 Å². The van der Waals surface area contributed by atoms with Gasteiger partial charge in [0.25, 0.3) is 15.9 Å². The maximum atomic E-state index is 12.9. The quantitative estimate of drug-likeness (QED) is 0.216. The van der Waals surface area contributed by atoms with Crippen molar-refractivity contribution in [3.63, 3.8) is 0 Å². The third-order valence-electron chi connectivity index (χ3n) is 4.72. The van der Waals surface area contributed by atoms with E-state index in [1.54, 1.807) is 48.5 Å². The molecular formula is C23H15BrClN3O4S. The van der Waals surface area contributed by atoms with E-state index in [2.05, 4.69) is 30.9 Å². The number of aromatic hydroxyl groups is 1. The van der Waals surface area contributed by atoms with Crippen LogP contribution in [0.1, 0.15) is 10.4 Å². The Labute approximate surface area is 202 Å². The highest BCUT2D eigenvalue weighted by atomic mass is 79.9. The number of anilines is 1. The lowest BCUT2D eigenvalue weighted by molar-refractivity contribution is 0.0994. The lowest BCUT2D eigenvalue weighted by Gasteiger charge is -2.13. The maximum Gasteiger partial charge on any atom is 0.296 e. The highest BCUT2D eigenvalue weighted by molar-refractivity contribution is 9.10. The van der Waals surface area contributed by atoms with Gasteiger partial charge in [-0.05, 0) is 58.4 Å². The monoisotopic (exact) mass is 543 g/mol.